The summed E-state index contributed by atoms with van der Waals surface area (Å²) in [5.41, 5.74) is 7.54. The first-order valence-electron chi connectivity index (χ1n) is 3.55. The monoisotopic (exact) mass is 198 g/mol. The third-order valence-electron chi connectivity index (χ3n) is 1.70. The lowest BCUT2D eigenvalue weighted by Gasteiger charge is -1.95. The highest BCUT2D eigenvalue weighted by Crippen LogP contribution is 2.27. The van der Waals surface area contributed by atoms with Crippen LogP contribution in [0, 0.1) is 0 Å². The van der Waals surface area contributed by atoms with Gasteiger partial charge in [-0.3, -0.25) is 0 Å². The van der Waals surface area contributed by atoms with E-state index in [4.69, 9.17) is 17.3 Å². The third-order valence-corrected chi connectivity index (χ3v) is 2.82. The van der Waals surface area contributed by atoms with E-state index in [-0.39, 0.29) is 0 Å². The van der Waals surface area contributed by atoms with Gasteiger partial charge in [0.2, 0.25) is 0 Å². The van der Waals surface area contributed by atoms with Crippen LogP contribution < -0.4 is 5.73 Å². The zero-order chi connectivity index (χ0) is 8.55. The van der Waals surface area contributed by atoms with Gasteiger partial charge in [0.1, 0.15) is 0 Å². The Morgan fingerprint density at radius 2 is 2.33 bits per heavy atom. The number of rotatable bonds is 1. The fraction of sp³-hybridized carbons (Fsp3) is 0.125. The smallest absolute Gasteiger partial charge is 0.184 e. The van der Waals surface area contributed by atoms with E-state index in [1.54, 1.807) is 0 Å². The van der Waals surface area contributed by atoms with E-state index in [9.17, 15) is 0 Å². The number of thiazole rings is 1. The molecule has 1 aromatic heterocycles. The van der Waals surface area contributed by atoms with E-state index >= 15 is 0 Å². The summed E-state index contributed by atoms with van der Waals surface area (Å²) in [6.45, 7) is 0.511. The van der Waals surface area contributed by atoms with Crippen LogP contribution in [0.15, 0.2) is 18.2 Å². The lowest BCUT2D eigenvalue weighted by molar-refractivity contribution is 1.08. The number of nitrogens with two attached hydrogens (primary N) is 1. The first kappa shape index (κ1) is 7.98. The molecule has 0 amide bonds. The van der Waals surface area contributed by atoms with Crippen LogP contribution >= 0.6 is 22.9 Å². The van der Waals surface area contributed by atoms with Gasteiger partial charge in [0.05, 0.1) is 10.2 Å². The highest BCUT2D eigenvalue weighted by molar-refractivity contribution is 7.22. The van der Waals surface area contributed by atoms with E-state index in [1.807, 2.05) is 18.2 Å². The second-order valence-electron chi connectivity index (χ2n) is 2.43. The summed E-state index contributed by atoms with van der Waals surface area (Å²) in [5, 5.41) is 0. The SMILES string of the molecule is NCc1cccc2sc(Cl)nc12. The van der Waals surface area contributed by atoms with Crippen molar-refractivity contribution >= 4 is 33.2 Å². The Labute approximate surface area is 79.0 Å². The van der Waals surface area contributed by atoms with Crippen LogP contribution in [0.4, 0.5) is 0 Å². The molecule has 0 atom stereocenters. The predicted octanol–water partition coefficient (Wildman–Crippen LogP) is 2.41. The number of halogens is 1. The van der Waals surface area contributed by atoms with Crippen molar-refractivity contribution in [3.63, 3.8) is 0 Å². The average molecular weight is 199 g/mol. The quantitative estimate of drug-likeness (QED) is 0.765. The summed E-state index contributed by atoms with van der Waals surface area (Å²) < 4.78 is 1.67. The average Bonchev–Trinajstić information content (AvgIpc) is 2.44. The summed E-state index contributed by atoms with van der Waals surface area (Å²) in [4.78, 5) is 4.19. The molecule has 0 radical (unpaired) electrons. The Kier molecular flexibility index (Phi) is 2.00. The molecule has 0 unspecified atom stereocenters. The minimum absolute atomic E-state index is 0.511. The van der Waals surface area contributed by atoms with Crippen LogP contribution in [0.2, 0.25) is 4.47 Å². The predicted molar refractivity (Wildman–Crippen MR) is 52.5 cm³/mol. The van der Waals surface area contributed by atoms with Crippen molar-refractivity contribution in [3.8, 4) is 0 Å². The lowest BCUT2D eigenvalue weighted by Crippen LogP contribution is -1.96. The molecule has 0 spiro atoms. The molecule has 2 aromatic rings. The molecule has 12 heavy (non-hydrogen) atoms. The summed E-state index contributed by atoms with van der Waals surface area (Å²) in [5.74, 6) is 0. The molecule has 0 aliphatic heterocycles. The molecule has 4 heteroatoms. The number of aromatic nitrogens is 1. The van der Waals surface area contributed by atoms with Crippen molar-refractivity contribution in [2.24, 2.45) is 5.73 Å². The zero-order valence-corrected chi connectivity index (χ0v) is 7.82. The van der Waals surface area contributed by atoms with Gasteiger partial charge in [-0.1, -0.05) is 23.7 Å². The van der Waals surface area contributed by atoms with Gasteiger partial charge in [-0.25, -0.2) is 4.98 Å². The summed E-state index contributed by atoms with van der Waals surface area (Å²) in [6, 6.07) is 5.94. The molecule has 0 bridgehead atoms. The van der Waals surface area contributed by atoms with E-state index in [0.717, 1.165) is 15.8 Å². The maximum atomic E-state index is 5.78. The fourth-order valence-electron chi connectivity index (χ4n) is 1.14. The van der Waals surface area contributed by atoms with Gasteiger partial charge >= 0.3 is 0 Å². The molecule has 0 saturated carbocycles. The number of para-hydroxylation sites is 1. The minimum Gasteiger partial charge on any atom is -0.326 e. The minimum atomic E-state index is 0.511. The van der Waals surface area contributed by atoms with Crippen molar-refractivity contribution in [2.45, 2.75) is 6.54 Å². The van der Waals surface area contributed by atoms with E-state index < -0.39 is 0 Å². The first-order chi connectivity index (χ1) is 5.81. The van der Waals surface area contributed by atoms with Gasteiger partial charge in [0, 0.05) is 6.54 Å². The van der Waals surface area contributed by atoms with Crippen LogP contribution in [0.1, 0.15) is 5.56 Å². The van der Waals surface area contributed by atoms with Crippen LogP contribution in [-0.2, 0) is 6.54 Å². The summed E-state index contributed by atoms with van der Waals surface area (Å²) >= 11 is 7.26. The van der Waals surface area contributed by atoms with Gasteiger partial charge in [-0.05, 0) is 11.6 Å². The van der Waals surface area contributed by atoms with Gasteiger partial charge in [0.15, 0.2) is 4.47 Å². The van der Waals surface area contributed by atoms with Gasteiger partial charge in [0.25, 0.3) is 0 Å². The second-order valence-corrected chi connectivity index (χ2v) is 4.05. The Hall–Kier alpha value is -0.640. The van der Waals surface area contributed by atoms with Gasteiger partial charge < -0.3 is 5.73 Å². The zero-order valence-electron chi connectivity index (χ0n) is 6.25. The molecule has 0 aliphatic carbocycles. The van der Waals surface area contributed by atoms with Crippen molar-refractivity contribution in [3.05, 3.63) is 28.2 Å². The van der Waals surface area contributed by atoms with E-state index in [1.165, 1.54) is 11.3 Å². The molecular formula is C8H7ClN2S. The number of hydrogen-bond donors (Lipinski definition) is 1. The Morgan fingerprint density at radius 3 is 3.08 bits per heavy atom. The van der Waals surface area contributed by atoms with Crippen LogP contribution in [0.3, 0.4) is 0 Å². The summed E-state index contributed by atoms with van der Waals surface area (Å²) in [7, 11) is 0. The van der Waals surface area contributed by atoms with Crippen molar-refractivity contribution in [2.75, 3.05) is 0 Å². The topological polar surface area (TPSA) is 38.9 Å². The molecule has 1 aromatic carbocycles. The maximum absolute atomic E-state index is 5.78. The molecule has 2 nitrogen and oxygen atoms in total. The first-order valence-corrected chi connectivity index (χ1v) is 4.74. The normalized spacial score (nSPS) is 10.8. The molecule has 2 rings (SSSR count). The highest BCUT2D eigenvalue weighted by Gasteiger charge is 2.04. The second kappa shape index (κ2) is 3.01. The Morgan fingerprint density at radius 1 is 1.50 bits per heavy atom. The molecule has 0 aliphatic rings. The van der Waals surface area contributed by atoms with Crippen LogP contribution in [-0.4, -0.2) is 4.98 Å². The van der Waals surface area contributed by atoms with Crippen molar-refractivity contribution in [1.82, 2.24) is 4.98 Å². The third kappa shape index (κ3) is 1.20. The Bertz CT molecular complexity index is 410. The summed E-state index contributed by atoms with van der Waals surface area (Å²) in [6.07, 6.45) is 0. The van der Waals surface area contributed by atoms with Gasteiger partial charge in [-0.2, -0.15) is 0 Å². The molecular weight excluding hydrogens is 192 g/mol. The van der Waals surface area contributed by atoms with E-state index in [0.29, 0.717) is 11.0 Å². The number of fused-ring (bicyclic) bond motifs is 1. The molecule has 0 fully saturated rings. The van der Waals surface area contributed by atoms with Gasteiger partial charge in [-0.15, -0.1) is 11.3 Å². The van der Waals surface area contributed by atoms with Crippen LogP contribution in [0.25, 0.3) is 10.2 Å². The molecule has 1 heterocycles. The molecule has 0 saturated heterocycles. The largest absolute Gasteiger partial charge is 0.326 e. The number of benzene rings is 1. The van der Waals surface area contributed by atoms with Crippen molar-refractivity contribution in [1.29, 1.82) is 0 Å². The standard InChI is InChI=1S/C8H7ClN2S/c9-8-11-7-5(4-10)2-1-3-6(7)12-8/h1-3H,4,10H2. The maximum Gasteiger partial charge on any atom is 0.184 e. The Balaban J connectivity index is 2.78. The number of nitrogens with zero attached hydrogens (tertiary/aromatic N) is 1. The lowest BCUT2D eigenvalue weighted by atomic mass is 10.2. The number of hydrogen-bond acceptors (Lipinski definition) is 3. The van der Waals surface area contributed by atoms with E-state index in [2.05, 4.69) is 4.98 Å². The molecule has 2 N–H and O–H groups in total. The molecule has 62 valence electrons. The van der Waals surface area contributed by atoms with Crippen molar-refractivity contribution < 1.29 is 0 Å². The highest BCUT2D eigenvalue weighted by atomic mass is 35.5. The fourth-order valence-corrected chi connectivity index (χ4v) is 2.22. The van der Waals surface area contributed by atoms with Crippen LogP contribution in [0.5, 0.6) is 0 Å².